The number of nitrogens with one attached hydrogen (secondary N) is 2. The molecule has 1 amide bonds. The normalized spacial score (nSPS) is 19.2. The van der Waals surface area contributed by atoms with Gasteiger partial charge >= 0.3 is 0 Å². The second-order valence-corrected chi connectivity index (χ2v) is 9.21. The lowest BCUT2D eigenvalue weighted by atomic mass is 9.97. The van der Waals surface area contributed by atoms with Gasteiger partial charge in [-0.25, -0.2) is 0 Å². The van der Waals surface area contributed by atoms with E-state index in [1.165, 1.54) is 11.8 Å². The van der Waals surface area contributed by atoms with E-state index in [0.29, 0.717) is 29.9 Å². The second kappa shape index (κ2) is 9.87. The van der Waals surface area contributed by atoms with E-state index in [1.54, 1.807) is 6.08 Å². The first kappa shape index (κ1) is 22.5. The molecule has 0 unspecified atom stereocenters. The van der Waals surface area contributed by atoms with Crippen LogP contribution in [0.5, 0.6) is 11.5 Å². The third-order valence-corrected chi connectivity index (χ3v) is 6.37. The van der Waals surface area contributed by atoms with Crippen molar-refractivity contribution in [1.82, 2.24) is 10.3 Å². The summed E-state index contributed by atoms with van der Waals surface area (Å²) < 4.78 is 12.5. The molecule has 168 valence electrons. The molecule has 2 atom stereocenters. The maximum atomic E-state index is 13.1. The van der Waals surface area contributed by atoms with Gasteiger partial charge in [-0.3, -0.25) is 9.80 Å². The Morgan fingerprint density at radius 1 is 1.28 bits per heavy atom. The molecule has 4 rings (SSSR count). The lowest BCUT2D eigenvalue weighted by Crippen LogP contribution is -2.50. The fourth-order valence-corrected chi connectivity index (χ4v) is 4.95. The molecule has 32 heavy (non-hydrogen) atoms. The van der Waals surface area contributed by atoms with Crippen LogP contribution in [0.25, 0.3) is 0 Å². The zero-order valence-electron chi connectivity index (χ0n) is 17.9. The first-order valence-electron chi connectivity index (χ1n) is 10.4. The Morgan fingerprint density at radius 2 is 2.09 bits per heavy atom. The van der Waals surface area contributed by atoms with Crippen molar-refractivity contribution in [3.8, 4) is 11.5 Å². The SMILES string of the molecule is C=CCOc1c(Br)cc([C@@H]2Nc3ccccc3[C@@H]3C(=O)NC(SCC)=NN23)cc1OCC. The summed E-state index contributed by atoms with van der Waals surface area (Å²) >= 11 is 5.13. The van der Waals surface area contributed by atoms with Crippen molar-refractivity contribution in [3.63, 3.8) is 0 Å². The molecule has 7 nitrogen and oxygen atoms in total. The maximum Gasteiger partial charge on any atom is 0.255 e. The fraction of sp³-hybridized carbons (Fsp3) is 0.304. The van der Waals surface area contributed by atoms with E-state index >= 15 is 0 Å². The predicted octanol–water partition coefficient (Wildman–Crippen LogP) is 5.03. The fourth-order valence-electron chi connectivity index (χ4n) is 3.78. The minimum absolute atomic E-state index is 0.0927. The Morgan fingerprint density at radius 3 is 2.84 bits per heavy atom. The first-order valence-corrected chi connectivity index (χ1v) is 12.2. The molecule has 0 spiro atoms. The zero-order chi connectivity index (χ0) is 22.7. The topological polar surface area (TPSA) is 75.2 Å². The monoisotopic (exact) mass is 516 g/mol. The third-order valence-electron chi connectivity index (χ3n) is 5.04. The van der Waals surface area contributed by atoms with E-state index in [2.05, 4.69) is 33.1 Å². The number of halogens is 1. The Labute approximate surface area is 200 Å². The summed E-state index contributed by atoms with van der Waals surface area (Å²) in [5, 5.41) is 13.7. The molecule has 0 radical (unpaired) electrons. The van der Waals surface area contributed by atoms with Crippen molar-refractivity contribution in [2.75, 3.05) is 24.3 Å². The number of rotatable bonds is 7. The van der Waals surface area contributed by atoms with E-state index in [0.717, 1.165) is 27.0 Å². The predicted molar refractivity (Wildman–Crippen MR) is 132 cm³/mol. The minimum Gasteiger partial charge on any atom is -0.490 e. The molecule has 0 saturated carbocycles. The van der Waals surface area contributed by atoms with Gasteiger partial charge in [0.2, 0.25) is 0 Å². The van der Waals surface area contributed by atoms with Gasteiger partial charge < -0.3 is 20.1 Å². The number of amides is 1. The number of amidine groups is 1. The first-order chi connectivity index (χ1) is 15.6. The largest absolute Gasteiger partial charge is 0.490 e. The number of anilines is 1. The Hall–Kier alpha value is -2.65. The summed E-state index contributed by atoms with van der Waals surface area (Å²) in [5.41, 5.74) is 2.68. The summed E-state index contributed by atoms with van der Waals surface area (Å²) in [7, 11) is 0. The van der Waals surface area contributed by atoms with Crippen molar-refractivity contribution < 1.29 is 14.3 Å². The number of fused-ring (bicyclic) bond motifs is 3. The molecular weight excluding hydrogens is 492 g/mol. The number of nitrogens with zero attached hydrogens (tertiary/aromatic N) is 2. The van der Waals surface area contributed by atoms with Crippen LogP contribution in [0, 0.1) is 0 Å². The van der Waals surface area contributed by atoms with Crippen LogP contribution in [0.1, 0.15) is 37.2 Å². The molecular formula is C23H25BrN4O3S. The molecule has 0 bridgehead atoms. The Kier molecular flexibility index (Phi) is 6.95. The van der Waals surface area contributed by atoms with Crippen LogP contribution < -0.4 is 20.1 Å². The molecule has 2 aliphatic rings. The Balaban J connectivity index is 1.82. The highest BCUT2D eigenvalue weighted by Crippen LogP contribution is 2.45. The Bertz CT molecular complexity index is 1060. The highest BCUT2D eigenvalue weighted by Gasteiger charge is 2.42. The van der Waals surface area contributed by atoms with Gasteiger partial charge in [0.05, 0.1) is 11.1 Å². The second-order valence-electron chi connectivity index (χ2n) is 7.11. The summed E-state index contributed by atoms with van der Waals surface area (Å²) in [6.07, 6.45) is 1.31. The van der Waals surface area contributed by atoms with Crippen LogP contribution in [-0.2, 0) is 4.79 Å². The van der Waals surface area contributed by atoms with Gasteiger partial charge in [0.1, 0.15) is 12.8 Å². The van der Waals surface area contributed by atoms with E-state index in [4.69, 9.17) is 14.6 Å². The zero-order valence-corrected chi connectivity index (χ0v) is 20.3. The average Bonchev–Trinajstić information content (AvgIpc) is 2.78. The van der Waals surface area contributed by atoms with Gasteiger partial charge in [0.15, 0.2) is 22.7 Å². The van der Waals surface area contributed by atoms with E-state index < -0.39 is 6.04 Å². The van der Waals surface area contributed by atoms with Crippen molar-refractivity contribution in [2.24, 2.45) is 5.10 Å². The summed E-state index contributed by atoms with van der Waals surface area (Å²) in [5.74, 6) is 1.95. The summed E-state index contributed by atoms with van der Waals surface area (Å²) in [4.78, 5) is 13.1. The van der Waals surface area contributed by atoms with Crippen LogP contribution in [-0.4, -0.2) is 35.1 Å². The average molecular weight is 517 g/mol. The van der Waals surface area contributed by atoms with Gasteiger partial charge in [-0.05, 0) is 46.8 Å². The molecule has 2 aromatic rings. The molecule has 2 aliphatic heterocycles. The highest BCUT2D eigenvalue weighted by molar-refractivity contribution is 9.10. The number of carbonyl (C=O) groups is 1. The van der Waals surface area contributed by atoms with Gasteiger partial charge in [-0.15, -0.1) is 5.10 Å². The summed E-state index contributed by atoms with van der Waals surface area (Å²) in [6, 6.07) is 11.2. The number of hydrogen-bond acceptors (Lipinski definition) is 7. The van der Waals surface area contributed by atoms with Gasteiger partial charge in [0, 0.05) is 16.8 Å². The number of thioether (sulfide) groups is 1. The highest BCUT2D eigenvalue weighted by atomic mass is 79.9. The minimum atomic E-state index is -0.537. The molecule has 0 fully saturated rings. The maximum absolute atomic E-state index is 13.1. The smallest absolute Gasteiger partial charge is 0.255 e. The number of para-hydroxylation sites is 1. The quantitative estimate of drug-likeness (QED) is 0.502. The molecule has 0 aromatic heterocycles. The van der Waals surface area contributed by atoms with E-state index in [1.807, 2.05) is 55.3 Å². The molecule has 2 N–H and O–H groups in total. The number of hydrogen-bond donors (Lipinski definition) is 2. The number of hydrazone groups is 1. The lowest BCUT2D eigenvalue weighted by molar-refractivity contribution is -0.127. The van der Waals surface area contributed by atoms with Gasteiger partial charge in [-0.1, -0.05) is 49.5 Å². The van der Waals surface area contributed by atoms with Crippen molar-refractivity contribution in [2.45, 2.75) is 26.1 Å². The standard InChI is InChI=1S/C23H25BrN4O3S/c1-4-11-31-20-16(24)12-14(13-18(20)30-5-2)21-25-17-10-8-7-9-15(17)19-22(29)26-23(32-6-3)27-28(19)21/h4,7-10,12-13,19,21,25H,1,5-6,11H2,2-3H3,(H,26,27,29)/t19-,21-/m1/s1. The van der Waals surface area contributed by atoms with Gasteiger partial charge in [0.25, 0.3) is 5.91 Å². The van der Waals surface area contributed by atoms with Crippen molar-refractivity contribution in [3.05, 3.63) is 64.7 Å². The lowest BCUT2D eigenvalue weighted by Gasteiger charge is -2.43. The molecule has 0 aliphatic carbocycles. The molecule has 0 saturated heterocycles. The van der Waals surface area contributed by atoms with Crippen LogP contribution in [0.2, 0.25) is 0 Å². The van der Waals surface area contributed by atoms with E-state index in [9.17, 15) is 4.79 Å². The van der Waals surface area contributed by atoms with Crippen LogP contribution >= 0.6 is 27.7 Å². The molecule has 2 heterocycles. The number of carbonyl (C=O) groups excluding carboxylic acids is 1. The van der Waals surface area contributed by atoms with E-state index in [-0.39, 0.29) is 12.1 Å². The van der Waals surface area contributed by atoms with Crippen molar-refractivity contribution in [1.29, 1.82) is 0 Å². The van der Waals surface area contributed by atoms with Crippen LogP contribution in [0.4, 0.5) is 5.69 Å². The van der Waals surface area contributed by atoms with Crippen LogP contribution in [0.15, 0.2) is 58.6 Å². The van der Waals surface area contributed by atoms with Crippen molar-refractivity contribution >= 4 is 44.5 Å². The van der Waals surface area contributed by atoms with Crippen LogP contribution in [0.3, 0.4) is 0 Å². The van der Waals surface area contributed by atoms with Gasteiger partial charge in [-0.2, -0.15) is 0 Å². The number of ether oxygens (including phenoxy) is 2. The molecule has 9 heteroatoms. The number of benzene rings is 2. The third kappa shape index (κ3) is 4.31. The molecule has 2 aromatic carbocycles. The summed E-state index contributed by atoms with van der Waals surface area (Å²) in [6.45, 7) is 8.53.